The second-order valence-corrected chi connectivity index (χ2v) is 3.30. The van der Waals surface area contributed by atoms with E-state index in [4.69, 9.17) is 4.74 Å². The van der Waals surface area contributed by atoms with E-state index in [0.29, 0.717) is 23.6 Å². The SMILES string of the molecule is CCc1c(OCC(=O)OC)ccc(C)[n+]1[O-]. The van der Waals surface area contributed by atoms with Gasteiger partial charge in [0, 0.05) is 19.4 Å². The number of pyridine rings is 1. The van der Waals surface area contributed by atoms with Gasteiger partial charge in [-0.1, -0.05) is 6.92 Å². The van der Waals surface area contributed by atoms with Crippen LogP contribution in [-0.2, 0) is 16.0 Å². The average Bonchev–Trinajstić information content (AvgIpc) is 2.30. The third-order valence-corrected chi connectivity index (χ3v) is 2.23. The van der Waals surface area contributed by atoms with Crippen molar-refractivity contribution in [2.75, 3.05) is 13.7 Å². The summed E-state index contributed by atoms with van der Waals surface area (Å²) in [5, 5.41) is 11.7. The number of aryl methyl sites for hydroxylation is 1. The molecule has 1 aromatic heterocycles. The molecule has 0 aliphatic rings. The predicted molar refractivity (Wildman–Crippen MR) is 57.0 cm³/mol. The molecule has 0 fully saturated rings. The highest BCUT2D eigenvalue weighted by Gasteiger charge is 2.15. The minimum atomic E-state index is -0.472. The van der Waals surface area contributed by atoms with E-state index in [-0.39, 0.29) is 6.61 Å². The zero-order valence-corrected chi connectivity index (χ0v) is 9.65. The van der Waals surface area contributed by atoms with Gasteiger partial charge in [0.2, 0.25) is 5.69 Å². The quantitative estimate of drug-likeness (QED) is 0.431. The van der Waals surface area contributed by atoms with E-state index >= 15 is 0 Å². The van der Waals surface area contributed by atoms with Gasteiger partial charge in [0.1, 0.15) is 0 Å². The number of esters is 1. The molecule has 1 aromatic rings. The molecular weight excluding hydrogens is 210 g/mol. The summed E-state index contributed by atoms with van der Waals surface area (Å²) in [5.74, 6) is -0.0476. The van der Waals surface area contributed by atoms with E-state index in [1.807, 2.05) is 6.92 Å². The molecule has 0 saturated carbocycles. The highest BCUT2D eigenvalue weighted by Crippen LogP contribution is 2.15. The van der Waals surface area contributed by atoms with E-state index in [2.05, 4.69) is 4.74 Å². The molecule has 1 rings (SSSR count). The van der Waals surface area contributed by atoms with Gasteiger partial charge in [-0.3, -0.25) is 0 Å². The Morgan fingerprint density at radius 2 is 2.19 bits per heavy atom. The second-order valence-electron chi connectivity index (χ2n) is 3.30. The lowest BCUT2D eigenvalue weighted by atomic mass is 10.2. The Balaban J connectivity index is 2.88. The summed E-state index contributed by atoms with van der Waals surface area (Å²) in [4.78, 5) is 10.9. The van der Waals surface area contributed by atoms with Gasteiger partial charge in [-0.15, -0.1) is 0 Å². The molecule has 0 aliphatic carbocycles. The molecule has 5 nitrogen and oxygen atoms in total. The first-order valence-corrected chi connectivity index (χ1v) is 5.01. The molecule has 0 bridgehead atoms. The molecule has 0 N–H and O–H groups in total. The number of hydrogen-bond acceptors (Lipinski definition) is 4. The highest BCUT2D eigenvalue weighted by atomic mass is 16.6. The number of carbonyl (C=O) groups is 1. The Kier molecular flexibility index (Phi) is 4.10. The Labute approximate surface area is 94.2 Å². The van der Waals surface area contributed by atoms with E-state index in [1.165, 1.54) is 7.11 Å². The van der Waals surface area contributed by atoms with Crippen molar-refractivity contribution >= 4 is 5.97 Å². The first-order valence-electron chi connectivity index (χ1n) is 5.01. The van der Waals surface area contributed by atoms with Crippen LogP contribution in [0.4, 0.5) is 0 Å². The van der Waals surface area contributed by atoms with E-state index in [0.717, 1.165) is 4.73 Å². The molecule has 0 radical (unpaired) electrons. The summed E-state index contributed by atoms with van der Waals surface area (Å²) >= 11 is 0. The standard InChI is InChI=1S/C11H15NO4/c1-4-9-10(16-7-11(13)15-3)6-5-8(2)12(9)14/h5-6H,4,7H2,1-3H3. The summed E-state index contributed by atoms with van der Waals surface area (Å²) in [7, 11) is 1.29. The Bertz CT molecular complexity index is 390. The molecule has 88 valence electrons. The third-order valence-electron chi connectivity index (χ3n) is 2.23. The zero-order valence-electron chi connectivity index (χ0n) is 9.65. The average molecular weight is 225 g/mol. The number of hydrogen-bond donors (Lipinski definition) is 0. The van der Waals surface area contributed by atoms with Crippen LogP contribution < -0.4 is 9.47 Å². The largest absolute Gasteiger partial charge is 0.618 e. The van der Waals surface area contributed by atoms with Gasteiger partial charge >= 0.3 is 5.97 Å². The maximum Gasteiger partial charge on any atom is 0.343 e. The second kappa shape index (κ2) is 5.34. The van der Waals surface area contributed by atoms with Crippen LogP contribution in [0.15, 0.2) is 12.1 Å². The van der Waals surface area contributed by atoms with Crippen LogP contribution in [0, 0.1) is 12.1 Å². The molecule has 0 amide bonds. The van der Waals surface area contributed by atoms with Gasteiger partial charge in [0.25, 0.3) is 0 Å². The van der Waals surface area contributed by atoms with Crippen molar-refractivity contribution in [1.29, 1.82) is 0 Å². The van der Waals surface area contributed by atoms with Gasteiger partial charge in [0.05, 0.1) is 7.11 Å². The number of aromatic nitrogens is 1. The summed E-state index contributed by atoms with van der Waals surface area (Å²) < 4.78 is 10.5. The lowest BCUT2D eigenvalue weighted by molar-refractivity contribution is -0.621. The summed E-state index contributed by atoms with van der Waals surface area (Å²) in [6.45, 7) is 3.39. The van der Waals surface area contributed by atoms with Crippen LogP contribution in [0.2, 0.25) is 0 Å². The molecule has 5 heteroatoms. The molecule has 0 saturated heterocycles. The van der Waals surface area contributed by atoms with Crippen molar-refractivity contribution in [3.63, 3.8) is 0 Å². The number of carbonyl (C=O) groups excluding carboxylic acids is 1. The van der Waals surface area contributed by atoms with Crippen molar-refractivity contribution < 1.29 is 19.0 Å². The van der Waals surface area contributed by atoms with Crippen LogP contribution in [0.3, 0.4) is 0 Å². The number of ether oxygens (including phenoxy) is 2. The van der Waals surface area contributed by atoms with Crippen molar-refractivity contribution in [2.45, 2.75) is 20.3 Å². The van der Waals surface area contributed by atoms with Crippen molar-refractivity contribution in [3.05, 3.63) is 28.7 Å². The fourth-order valence-electron chi connectivity index (χ4n) is 1.32. The third kappa shape index (κ3) is 2.62. The molecule has 1 heterocycles. The molecule has 0 unspecified atom stereocenters. The summed E-state index contributed by atoms with van der Waals surface area (Å²) in [6.07, 6.45) is 0.543. The fourth-order valence-corrected chi connectivity index (χ4v) is 1.32. The van der Waals surface area contributed by atoms with Crippen molar-refractivity contribution in [1.82, 2.24) is 0 Å². The fraction of sp³-hybridized carbons (Fsp3) is 0.455. The lowest BCUT2D eigenvalue weighted by Gasteiger charge is -2.11. The van der Waals surface area contributed by atoms with Gasteiger partial charge in [0.15, 0.2) is 18.1 Å². The van der Waals surface area contributed by atoms with Gasteiger partial charge < -0.3 is 14.7 Å². The maximum absolute atomic E-state index is 11.7. The smallest absolute Gasteiger partial charge is 0.343 e. The van der Waals surface area contributed by atoms with Gasteiger partial charge in [-0.05, 0) is 6.07 Å². The van der Waals surface area contributed by atoms with Crippen molar-refractivity contribution in [3.8, 4) is 5.75 Å². The van der Waals surface area contributed by atoms with Crippen LogP contribution in [0.25, 0.3) is 0 Å². The minimum Gasteiger partial charge on any atom is -0.618 e. The van der Waals surface area contributed by atoms with E-state index < -0.39 is 5.97 Å². The molecule has 0 atom stereocenters. The predicted octanol–water partition coefficient (Wildman–Crippen LogP) is 0.743. The van der Waals surface area contributed by atoms with Crippen LogP contribution in [0.1, 0.15) is 18.3 Å². The minimum absolute atomic E-state index is 0.188. The normalized spacial score (nSPS) is 9.94. The first kappa shape index (κ1) is 12.3. The first-order chi connectivity index (χ1) is 7.60. The topological polar surface area (TPSA) is 62.5 Å². The maximum atomic E-state index is 11.7. The van der Waals surface area contributed by atoms with E-state index in [1.54, 1.807) is 19.1 Å². The number of rotatable bonds is 4. The Morgan fingerprint density at radius 1 is 1.50 bits per heavy atom. The van der Waals surface area contributed by atoms with Gasteiger partial charge in [-0.25, -0.2) is 4.79 Å². The molecule has 0 aliphatic heterocycles. The lowest BCUT2D eigenvalue weighted by Crippen LogP contribution is -2.35. The molecule has 0 aromatic carbocycles. The molecule has 16 heavy (non-hydrogen) atoms. The van der Waals surface area contributed by atoms with E-state index in [9.17, 15) is 10.0 Å². The highest BCUT2D eigenvalue weighted by molar-refractivity contribution is 5.70. The summed E-state index contributed by atoms with van der Waals surface area (Å²) in [5.41, 5.74) is 1.12. The molecule has 0 spiro atoms. The summed E-state index contributed by atoms with van der Waals surface area (Å²) in [6, 6.07) is 3.34. The van der Waals surface area contributed by atoms with Crippen molar-refractivity contribution in [2.24, 2.45) is 0 Å². The van der Waals surface area contributed by atoms with Gasteiger partial charge in [-0.2, -0.15) is 4.73 Å². The Hall–Kier alpha value is -1.78. The monoisotopic (exact) mass is 225 g/mol. The van der Waals surface area contributed by atoms with Crippen LogP contribution in [-0.4, -0.2) is 19.7 Å². The van der Waals surface area contributed by atoms with Crippen LogP contribution in [0.5, 0.6) is 5.75 Å². The van der Waals surface area contributed by atoms with Crippen LogP contribution >= 0.6 is 0 Å². The number of methoxy groups -OCH3 is 1. The zero-order chi connectivity index (χ0) is 12.1. The molecular formula is C11H15NO4. The number of nitrogens with zero attached hydrogens (tertiary/aromatic N) is 1. The Morgan fingerprint density at radius 3 is 2.75 bits per heavy atom.